The summed E-state index contributed by atoms with van der Waals surface area (Å²) in [4.78, 5) is 44.1. The van der Waals surface area contributed by atoms with Crippen molar-refractivity contribution in [3.05, 3.63) is 18.2 Å². The maximum Gasteiger partial charge on any atom is 0.303 e. The SMILES string of the molecule is O=C(O)CCCCC(=O)N1CCN(c2nc(NCc3cn(CCCNCCCNC4CCCCC4)nn3)c3[nH]cnc3n2)CC1. The summed E-state index contributed by atoms with van der Waals surface area (Å²) in [5.74, 6) is 0.438. The smallest absolute Gasteiger partial charge is 0.303 e. The van der Waals surface area contributed by atoms with Gasteiger partial charge >= 0.3 is 5.97 Å². The van der Waals surface area contributed by atoms with Crippen LogP contribution in [0.3, 0.4) is 0 Å². The van der Waals surface area contributed by atoms with Gasteiger partial charge in [-0.3, -0.25) is 14.3 Å². The number of carboxylic acids is 1. The maximum absolute atomic E-state index is 12.6. The normalized spacial score (nSPS) is 16.0. The Morgan fingerprint density at radius 3 is 2.58 bits per heavy atom. The monoisotopic (exact) mass is 624 g/mol. The highest BCUT2D eigenvalue weighted by molar-refractivity contribution is 5.83. The number of aromatic nitrogens is 7. The van der Waals surface area contributed by atoms with Gasteiger partial charge in [0.2, 0.25) is 11.9 Å². The molecule has 3 aromatic rings. The zero-order chi connectivity index (χ0) is 31.3. The molecule has 0 atom stereocenters. The fourth-order valence-corrected chi connectivity index (χ4v) is 5.98. The van der Waals surface area contributed by atoms with E-state index in [1.807, 2.05) is 15.8 Å². The van der Waals surface area contributed by atoms with Crippen LogP contribution in [0.1, 0.15) is 76.3 Å². The highest BCUT2D eigenvalue weighted by Crippen LogP contribution is 2.22. The Balaban J connectivity index is 1.02. The van der Waals surface area contributed by atoms with Crippen LogP contribution in [-0.4, -0.2) is 109 Å². The summed E-state index contributed by atoms with van der Waals surface area (Å²) >= 11 is 0. The number of unbranched alkanes of at least 4 members (excludes halogenated alkanes) is 1. The van der Waals surface area contributed by atoms with E-state index in [4.69, 9.17) is 10.1 Å². The number of aryl methyl sites for hydroxylation is 1. The van der Waals surface area contributed by atoms with Crippen LogP contribution in [0, 0.1) is 0 Å². The average Bonchev–Trinajstić information content (AvgIpc) is 3.73. The molecule has 1 aliphatic carbocycles. The minimum Gasteiger partial charge on any atom is -0.481 e. The lowest BCUT2D eigenvalue weighted by Crippen LogP contribution is -2.49. The fourth-order valence-electron chi connectivity index (χ4n) is 5.98. The number of nitrogens with zero attached hydrogens (tertiary/aromatic N) is 8. The molecule has 4 heterocycles. The Bertz CT molecular complexity index is 1350. The Labute approximate surface area is 264 Å². The van der Waals surface area contributed by atoms with E-state index in [1.165, 1.54) is 32.1 Å². The van der Waals surface area contributed by atoms with Gasteiger partial charge < -0.3 is 35.8 Å². The largest absolute Gasteiger partial charge is 0.481 e. The summed E-state index contributed by atoms with van der Waals surface area (Å²) in [6, 6.07) is 0.729. The second-order valence-corrected chi connectivity index (χ2v) is 12.0. The molecular weight excluding hydrogens is 576 g/mol. The number of fused-ring (bicyclic) bond motifs is 1. The van der Waals surface area contributed by atoms with E-state index >= 15 is 0 Å². The number of rotatable bonds is 18. The van der Waals surface area contributed by atoms with Gasteiger partial charge in [0.1, 0.15) is 11.2 Å². The van der Waals surface area contributed by atoms with Crippen LogP contribution < -0.4 is 20.9 Å². The molecule has 45 heavy (non-hydrogen) atoms. The minimum atomic E-state index is -0.827. The molecule has 1 saturated heterocycles. The number of aromatic amines is 1. The van der Waals surface area contributed by atoms with E-state index in [9.17, 15) is 9.59 Å². The summed E-state index contributed by atoms with van der Waals surface area (Å²) < 4.78 is 1.88. The van der Waals surface area contributed by atoms with E-state index in [0.717, 1.165) is 56.3 Å². The van der Waals surface area contributed by atoms with E-state index in [-0.39, 0.29) is 12.3 Å². The van der Waals surface area contributed by atoms with Gasteiger partial charge in [-0.15, -0.1) is 5.10 Å². The topological polar surface area (TPSA) is 182 Å². The van der Waals surface area contributed by atoms with Crippen LogP contribution >= 0.6 is 0 Å². The number of carbonyl (C=O) groups excluding carboxylic acids is 1. The minimum absolute atomic E-state index is 0.0629. The number of carboxylic acid groups (broad SMARTS) is 1. The number of aliphatic carboxylic acids is 1. The third-order valence-electron chi connectivity index (χ3n) is 8.55. The standard InChI is InChI=1S/C30H48N12O3/c43-25(10-4-5-11-26(44)45)40-16-18-41(19-17-40)30-36-28(27-29(37-30)35-22-34-27)33-20-24-21-42(39-38-24)15-7-13-31-12-6-14-32-23-8-2-1-3-9-23/h21-23,31-32H,1-20H2,(H,44,45)(H2,33,34,35,36,37). The molecule has 5 N–H and O–H groups in total. The van der Waals surface area contributed by atoms with Crippen LogP contribution in [0.25, 0.3) is 11.2 Å². The first-order valence-corrected chi connectivity index (χ1v) is 16.6. The number of imidazole rings is 1. The van der Waals surface area contributed by atoms with Crippen LogP contribution in [0.4, 0.5) is 11.8 Å². The third kappa shape index (κ3) is 10.1. The number of hydrogen-bond acceptors (Lipinski definition) is 11. The lowest BCUT2D eigenvalue weighted by Gasteiger charge is -2.35. The van der Waals surface area contributed by atoms with Gasteiger partial charge in [0.25, 0.3) is 0 Å². The highest BCUT2D eigenvalue weighted by Gasteiger charge is 2.24. The first-order chi connectivity index (χ1) is 22.0. The summed E-state index contributed by atoms with van der Waals surface area (Å²) in [5.41, 5.74) is 2.11. The van der Waals surface area contributed by atoms with Crippen molar-refractivity contribution < 1.29 is 14.7 Å². The molecule has 0 unspecified atom stereocenters. The van der Waals surface area contributed by atoms with Crippen molar-refractivity contribution in [2.24, 2.45) is 0 Å². The van der Waals surface area contributed by atoms with Gasteiger partial charge in [-0.05, 0) is 58.2 Å². The number of H-pyrrole nitrogens is 1. The van der Waals surface area contributed by atoms with E-state index in [2.05, 4.69) is 46.1 Å². The van der Waals surface area contributed by atoms with Gasteiger partial charge in [0.15, 0.2) is 11.5 Å². The number of anilines is 2. The summed E-state index contributed by atoms with van der Waals surface area (Å²) in [7, 11) is 0. The predicted octanol–water partition coefficient (Wildman–Crippen LogP) is 2.14. The predicted molar refractivity (Wildman–Crippen MR) is 171 cm³/mol. The molecule has 5 rings (SSSR count). The molecule has 3 aromatic heterocycles. The lowest BCUT2D eigenvalue weighted by atomic mass is 9.95. The molecule has 0 spiro atoms. The lowest BCUT2D eigenvalue weighted by molar-refractivity contribution is -0.137. The molecular formula is C30H48N12O3. The van der Waals surface area contributed by atoms with Gasteiger partial charge in [-0.2, -0.15) is 9.97 Å². The molecule has 15 heteroatoms. The number of carbonyl (C=O) groups is 2. The van der Waals surface area contributed by atoms with Crippen molar-refractivity contribution in [3.63, 3.8) is 0 Å². The van der Waals surface area contributed by atoms with Crippen LogP contribution in [0.2, 0.25) is 0 Å². The number of piperazine rings is 1. The Morgan fingerprint density at radius 2 is 1.76 bits per heavy atom. The summed E-state index contributed by atoms with van der Waals surface area (Å²) in [6.07, 6.45) is 14.1. The van der Waals surface area contributed by atoms with Crippen molar-refractivity contribution in [3.8, 4) is 0 Å². The third-order valence-corrected chi connectivity index (χ3v) is 8.55. The van der Waals surface area contributed by atoms with E-state index in [1.54, 1.807) is 6.33 Å². The quantitative estimate of drug-likeness (QED) is 0.130. The Kier molecular flexibility index (Phi) is 12.3. The van der Waals surface area contributed by atoms with Crippen molar-refractivity contribution in [2.45, 2.75) is 89.8 Å². The molecule has 15 nitrogen and oxygen atoms in total. The second kappa shape index (κ2) is 17.0. The average molecular weight is 625 g/mol. The van der Waals surface area contributed by atoms with Crippen molar-refractivity contribution in [1.82, 2.24) is 50.5 Å². The molecule has 1 amide bonds. The van der Waals surface area contributed by atoms with Crippen molar-refractivity contribution in [1.29, 1.82) is 0 Å². The van der Waals surface area contributed by atoms with E-state index < -0.39 is 5.97 Å². The zero-order valence-electron chi connectivity index (χ0n) is 26.2. The van der Waals surface area contributed by atoms with Crippen LogP contribution in [0.15, 0.2) is 12.5 Å². The van der Waals surface area contributed by atoms with Crippen LogP contribution in [-0.2, 0) is 22.7 Å². The van der Waals surface area contributed by atoms with Gasteiger partial charge in [-0.1, -0.05) is 24.5 Å². The van der Waals surface area contributed by atoms with E-state index in [0.29, 0.717) is 69.4 Å². The summed E-state index contributed by atoms with van der Waals surface area (Å²) in [5, 5.41) is 28.0. The van der Waals surface area contributed by atoms with Crippen molar-refractivity contribution in [2.75, 3.05) is 56.0 Å². The number of hydrogen-bond donors (Lipinski definition) is 5. The first kappa shape index (κ1) is 32.5. The molecule has 1 saturated carbocycles. The zero-order valence-corrected chi connectivity index (χ0v) is 26.2. The molecule has 0 bridgehead atoms. The van der Waals surface area contributed by atoms with Gasteiger partial charge in [0, 0.05) is 51.6 Å². The Morgan fingerprint density at radius 1 is 0.956 bits per heavy atom. The molecule has 2 aliphatic rings. The Hall–Kier alpha value is -3.85. The molecule has 0 radical (unpaired) electrons. The maximum atomic E-state index is 12.6. The first-order valence-electron chi connectivity index (χ1n) is 16.6. The molecule has 0 aromatic carbocycles. The second-order valence-electron chi connectivity index (χ2n) is 12.0. The highest BCUT2D eigenvalue weighted by atomic mass is 16.4. The summed E-state index contributed by atoms with van der Waals surface area (Å²) in [6.45, 7) is 6.69. The molecule has 246 valence electrons. The van der Waals surface area contributed by atoms with Gasteiger partial charge in [-0.25, -0.2) is 4.98 Å². The van der Waals surface area contributed by atoms with Gasteiger partial charge in [0.05, 0.1) is 19.1 Å². The molecule has 2 fully saturated rings. The van der Waals surface area contributed by atoms with Crippen molar-refractivity contribution >= 4 is 34.8 Å². The fraction of sp³-hybridized carbons (Fsp3) is 0.700. The van der Waals surface area contributed by atoms with Crippen LogP contribution in [0.5, 0.6) is 0 Å². The number of nitrogens with one attached hydrogen (secondary N) is 4. The number of amides is 1. The molecule has 1 aliphatic heterocycles.